The third-order valence-electron chi connectivity index (χ3n) is 4.81. The van der Waals surface area contributed by atoms with Crippen LogP contribution in [-0.4, -0.2) is 29.9 Å². The van der Waals surface area contributed by atoms with Crippen LogP contribution >= 0.6 is 0 Å². The van der Waals surface area contributed by atoms with E-state index in [0.717, 1.165) is 55.5 Å². The molecule has 2 rings (SSSR count). The van der Waals surface area contributed by atoms with Gasteiger partial charge in [-0.15, -0.1) is 0 Å². The van der Waals surface area contributed by atoms with Crippen LogP contribution < -0.4 is 5.32 Å². The van der Waals surface area contributed by atoms with Crippen LogP contribution in [0.3, 0.4) is 0 Å². The molecule has 0 atom stereocenters. The number of aryl methyl sites for hydroxylation is 2. The van der Waals surface area contributed by atoms with Gasteiger partial charge in [0.15, 0.2) is 0 Å². The van der Waals surface area contributed by atoms with Crippen molar-refractivity contribution < 1.29 is 41.9 Å². The summed E-state index contributed by atoms with van der Waals surface area (Å²) in [4.78, 5) is 15.0. The largest absolute Gasteiger partial charge is 0.343 e. The van der Waals surface area contributed by atoms with Crippen molar-refractivity contribution in [2.45, 2.75) is 51.5 Å². The average Bonchev–Trinajstić information content (AvgIpc) is 2.39. The van der Waals surface area contributed by atoms with Crippen LogP contribution in [0.1, 0.15) is 43.2 Å². The molecule has 1 saturated carbocycles. The Balaban J connectivity index is 0.00000264. The topological polar surface area (TPSA) is 32.3 Å². The van der Waals surface area contributed by atoms with Gasteiger partial charge in [0.1, 0.15) is 11.4 Å². The third-order valence-corrected chi connectivity index (χ3v) is 4.81. The van der Waals surface area contributed by atoms with Gasteiger partial charge in [-0.1, -0.05) is 6.42 Å². The maximum absolute atomic E-state index is 13.4. The van der Waals surface area contributed by atoms with E-state index in [1.165, 1.54) is 12.1 Å². The molecule has 125 valence electrons. The van der Waals surface area contributed by atoms with Gasteiger partial charge in [-0.2, -0.15) is 6.42 Å². The molecule has 0 bridgehead atoms. The van der Waals surface area contributed by atoms with Crippen molar-refractivity contribution in [1.29, 1.82) is 0 Å². The Bertz CT molecular complexity index is 535. The summed E-state index contributed by atoms with van der Waals surface area (Å²) in [6, 6.07) is 2.92. The predicted molar refractivity (Wildman–Crippen MR) is 88.3 cm³/mol. The Labute approximate surface area is 164 Å². The van der Waals surface area contributed by atoms with E-state index < -0.39 is 5.54 Å². The number of benzene rings is 1. The van der Waals surface area contributed by atoms with E-state index in [1.54, 1.807) is 0 Å². The van der Waals surface area contributed by atoms with Crippen molar-refractivity contribution in [2.24, 2.45) is 0 Å². The first-order chi connectivity index (χ1) is 10.4. The van der Waals surface area contributed by atoms with Gasteiger partial charge < -0.3 is 12.2 Å². The van der Waals surface area contributed by atoms with Gasteiger partial charge in [0.2, 0.25) is 5.91 Å². The summed E-state index contributed by atoms with van der Waals surface area (Å²) in [6.07, 6.45) is 4.69. The minimum atomic E-state index is -0.414. The van der Waals surface area contributed by atoms with Crippen LogP contribution in [0.15, 0.2) is 12.1 Å². The molecule has 0 saturated heterocycles. The van der Waals surface area contributed by atoms with Gasteiger partial charge in [0.25, 0.3) is 0 Å². The third kappa shape index (κ3) is 4.40. The number of rotatable bonds is 6. The van der Waals surface area contributed by atoms with E-state index in [0.29, 0.717) is 0 Å². The first-order valence-electron chi connectivity index (χ1n) is 7.99. The fourth-order valence-electron chi connectivity index (χ4n) is 3.19. The Morgan fingerprint density at radius 2 is 1.91 bits per heavy atom. The van der Waals surface area contributed by atoms with E-state index in [-0.39, 0.29) is 44.4 Å². The van der Waals surface area contributed by atoms with Crippen LogP contribution in [0.4, 0.5) is 10.1 Å². The monoisotopic (exact) mass is 394 g/mol. The van der Waals surface area contributed by atoms with Crippen molar-refractivity contribution >= 4 is 11.6 Å². The maximum Gasteiger partial charge on any atom is 0.244 e. The number of nitrogens with zero attached hydrogens (tertiary/aromatic N) is 1. The van der Waals surface area contributed by atoms with Crippen LogP contribution in [0, 0.1) is 26.6 Å². The number of amides is 1. The molecule has 1 N–H and O–H groups in total. The summed E-state index contributed by atoms with van der Waals surface area (Å²) in [7, 11) is 2.01. The van der Waals surface area contributed by atoms with E-state index in [2.05, 4.69) is 17.1 Å². The molecule has 0 spiro atoms. The molecule has 23 heavy (non-hydrogen) atoms. The molecule has 3 nitrogen and oxygen atoms in total. The number of halogens is 1. The van der Waals surface area contributed by atoms with Gasteiger partial charge in [0.05, 0.1) is 0 Å². The SMILES string of the molecule is [CH2-]CCCN(C)C1(C(=O)Nc2c(C)cc(F)cc2C)CCC1.[Y]. The molecule has 1 radical (unpaired) electrons. The van der Waals surface area contributed by atoms with E-state index in [4.69, 9.17) is 0 Å². The van der Waals surface area contributed by atoms with E-state index >= 15 is 0 Å². The number of carbonyl (C=O) groups excluding carboxylic acids is 1. The van der Waals surface area contributed by atoms with Crippen molar-refractivity contribution in [3.63, 3.8) is 0 Å². The second kappa shape index (κ2) is 8.68. The number of unbranched alkanes of at least 4 members (excludes halogenated alkanes) is 1. The summed E-state index contributed by atoms with van der Waals surface area (Å²) in [5.74, 6) is -0.234. The number of anilines is 1. The van der Waals surface area contributed by atoms with Crippen LogP contribution in [0.2, 0.25) is 0 Å². The van der Waals surface area contributed by atoms with Gasteiger partial charge in [-0.05, 0) is 70.0 Å². The average molecular weight is 394 g/mol. The molecule has 0 aromatic heterocycles. The van der Waals surface area contributed by atoms with Crippen molar-refractivity contribution in [3.05, 3.63) is 36.0 Å². The molecule has 1 aromatic carbocycles. The number of carbonyl (C=O) groups is 1. The molecule has 0 heterocycles. The van der Waals surface area contributed by atoms with Crippen molar-refractivity contribution in [1.82, 2.24) is 4.90 Å². The molecule has 0 aliphatic heterocycles. The molecule has 1 aliphatic carbocycles. The summed E-state index contributed by atoms with van der Waals surface area (Å²) in [6.45, 7) is 8.39. The van der Waals surface area contributed by atoms with Gasteiger partial charge in [-0.25, -0.2) is 4.39 Å². The first-order valence-corrected chi connectivity index (χ1v) is 7.99. The Morgan fingerprint density at radius 3 is 2.35 bits per heavy atom. The minimum Gasteiger partial charge on any atom is -0.343 e. The number of likely N-dealkylation sites (N-methyl/N-ethyl adjacent to an activating group) is 1. The standard InChI is InChI=1S/C18H26FN2O.Y/c1-5-6-10-21(4)18(8-7-9-18)17(22)20-16-13(2)11-15(19)12-14(16)3;/h11-12H,1,5-10H2,2-4H3,(H,20,22);/q-1;. The van der Waals surface area contributed by atoms with Crippen molar-refractivity contribution in [2.75, 3.05) is 18.9 Å². The summed E-state index contributed by atoms with van der Waals surface area (Å²) in [5, 5.41) is 3.04. The molecule has 1 aromatic rings. The van der Waals surface area contributed by atoms with Gasteiger partial charge >= 0.3 is 0 Å². The fourth-order valence-corrected chi connectivity index (χ4v) is 3.19. The zero-order valence-electron chi connectivity index (χ0n) is 14.4. The zero-order valence-corrected chi connectivity index (χ0v) is 17.3. The van der Waals surface area contributed by atoms with Crippen LogP contribution in [0.25, 0.3) is 0 Å². The molecule has 5 heteroatoms. The quantitative estimate of drug-likeness (QED) is 0.744. The van der Waals surface area contributed by atoms with Crippen LogP contribution in [0.5, 0.6) is 0 Å². The molecule has 1 aliphatic rings. The summed E-state index contributed by atoms with van der Waals surface area (Å²) >= 11 is 0. The molecular weight excluding hydrogens is 368 g/mol. The zero-order chi connectivity index (χ0) is 16.3. The molecule has 0 unspecified atom stereocenters. The molecule has 1 amide bonds. The number of nitrogens with one attached hydrogen (secondary N) is 1. The number of hydrogen-bond acceptors (Lipinski definition) is 2. The first kappa shape index (κ1) is 20.7. The Hall–Kier alpha value is -0.316. The summed E-state index contributed by atoms with van der Waals surface area (Å²) < 4.78 is 13.4. The molecule has 1 fully saturated rings. The minimum absolute atomic E-state index is 0. The van der Waals surface area contributed by atoms with Gasteiger partial charge in [0, 0.05) is 38.4 Å². The summed E-state index contributed by atoms with van der Waals surface area (Å²) in [5.41, 5.74) is 1.85. The van der Waals surface area contributed by atoms with Gasteiger partial charge in [-0.3, -0.25) is 9.69 Å². The molecular formula is C18H26FN2OY-. The van der Waals surface area contributed by atoms with Crippen LogP contribution in [-0.2, 0) is 37.5 Å². The predicted octanol–water partition coefficient (Wildman–Crippen LogP) is 3.85. The van der Waals surface area contributed by atoms with Crippen molar-refractivity contribution in [3.8, 4) is 0 Å². The maximum atomic E-state index is 13.4. The van der Waals surface area contributed by atoms with E-state index in [9.17, 15) is 9.18 Å². The van der Waals surface area contributed by atoms with E-state index in [1.807, 2.05) is 20.9 Å². The normalized spacial score (nSPS) is 15.7. The number of hydrogen-bond donors (Lipinski definition) is 1. The fraction of sp³-hybridized carbons (Fsp3) is 0.556. The Kier molecular flexibility index (Phi) is 7.83. The second-order valence-corrected chi connectivity index (χ2v) is 6.38. The Morgan fingerprint density at radius 1 is 1.35 bits per heavy atom. The smallest absolute Gasteiger partial charge is 0.244 e. The second-order valence-electron chi connectivity index (χ2n) is 6.38.